The lowest BCUT2D eigenvalue weighted by atomic mass is 9.92. The maximum Gasteiger partial charge on any atom is 0.417 e. The SMILES string of the molecule is CC(C)(C)OC(=O)N1C2CCC1CN(c1nc(F)nc3c(F)c(-c4ccc(F)c5sc(N)c(C#N)c45)c(C(F)(F)F)cc13)C2. The summed E-state index contributed by atoms with van der Waals surface area (Å²) in [6, 6.07) is 3.38. The lowest BCUT2D eigenvalue weighted by molar-refractivity contribution is -0.137. The van der Waals surface area contributed by atoms with Gasteiger partial charge in [-0.25, -0.2) is 13.6 Å². The number of benzene rings is 2. The highest BCUT2D eigenvalue weighted by Crippen LogP contribution is 2.48. The highest BCUT2D eigenvalue weighted by Gasteiger charge is 2.45. The van der Waals surface area contributed by atoms with Gasteiger partial charge in [-0.15, -0.1) is 11.3 Å². The zero-order valence-corrected chi connectivity index (χ0v) is 24.3. The molecular weight excluding hydrogens is 610 g/mol. The van der Waals surface area contributed by atoms with Crippen LogP contribution in [0.1, 0.15) is 44.7 Å². The van der Waals surface area contributed by atoms with Crippen LogP contribution in [0.25, 0.3) is 32.1 Å². The number of ether oxygens (including phenoxy) is 1. The number of thiophene rings is 1. The van der Waals surface area contributed by atoms with Crippen LogP contribution in [0.2, 0.25) is 0 Å². The lowest BCUT2D eigenvalue weighted by Crippen LogP contribution is -2.57. The van der Waals surface area contributed by atoms with Gasteiger partial charge in [-0.3, -0.25) is 4.90 Å². The highest BCUT2D eigenvalue weighted by molar-refractivity contribution is 7.23. The topological polar surface area (TPSA) is 108 Å². The number of halogens is 6. The first-order valence-electron chi connectivity index (χ1n) is 13.5. The number of amides is 1. The van der Waals surface area contributed by atoms with Gasteiger partial charge in [-0.05, 0) is 51.3 Å². The predicted molar refractivity (Wildman–Crippen MR) is 151 cm³/mol. The van der Waals surface area contributed by atoms with Crippen molar-refractivity contribution in [3.8, 4) is 17.2 Å². The molecule has 2 N–H and O–H groups in total. The van der Waals surface area contributed by atoms with Gasteiger partial charge in [-0.1, -0.05) is 6.07 Å². The minimum Gasteiger partial charge on any atom is -0.444 e. The normalized spacial score (nSPS) is 18.7. The van der Waals surface area contributed by atoms with E-state index in [4.69, 9.17) is 10.5 Å². The number of alkyl halides is 3. The monoisotopic (exact) mass is 634 g/mol. The molecule has 2 bridgehead atoms. The van der Waals surface area contributed by atoms with E-state index in [-0.39, 0.29) is 39.6 Å². The Hall–Kier alpha value is -4.32. The van der Waals surface area contributed by atoms with Crippen molar-refractivity contribution in [3.05, 3.63) is 47.0 Å². The molecule has 2 unspecified atom stereocenters. The van der Waals surface area contributed by atoms with Crippen LogP contribution < -0.4 is 10.6 Å². The molecule has 44 heavy (non-hydrogen) atoms. The van der Waals surface area contributed by atoms with E-state index in [0.29, 0.717) is 30.2 Å². The zero-order chi connectivity index (χ0) is 31.9. The smallest absolute Gasteiger partial charge is 0.417 e. The summed E-state index contributed by atoms with van der Waals surface area (Å²) in [4.78, 5) is 23.3. The van der Waals surface area contributed by atoms with Gasteiger partial charge in [-0.2, -0.15) is 32.8 Å². The van der Waals surface area contributed by atoms with Crippen molar-refractivity contribution in [2.24, 2.45) is 0 Å². The van der Waals surface area contributed by atoms with Gasteiger partial charge >= 0.3 is 18.3 Å². The first-order valence-corrected chi connectivity index (χ1v) is 14.3. The molecule has 2 atom stereocenters. The van der Waals surface area contributed by atoms with Crippen molar-refractivity contribution in [1.29, 1.82) is 5.26 Å². The van der Waals surface area contributed by atoms with Gasteiger partial charge in [0.25, 0.3) is 0 Å². The van der Waals surface area contributed by atoms with E-state index in [1.54, 1.807) is 31.7 Å². The van der Waals surface area contributed by atoms with Crippen LogP contribution in [0.3, 0.4) is 0 Å². The third-order valence-electron chi connectivity index (χ3n) is 7.77. The molecule has 0 aliphatic carbocycles. The molecule has 2 aromatic carbocycles. The molecular formula is C29H24F6N6O2S. The maximum atomic E-state index is 16.4. The molecule has 2 saturated heterocycles. The molecule has 15 heteroatoms. The second kappa shape index (κ2) is 10.1. The number of nitrogens with zero attached hydrogens (tertiary/aromatic N) is 5. The number of nitriles is 1. The summed E-state index contributed by atoms with van der Waals surface area (Å²) >= 11 is 0.644. The third kappa shape index (κ3) is 4.81. The molecule has 0 saturated carbocycles. The fourth-order valence-corrected chi connectivity index (χ4v) is 7.06. The number of nitrogen functional groups attached to an aromatic ring is 1. The summed E-state index contributed by atoms with van der Waals surface area (Å²) in [6.45, 7) is 5.36. The Kier molecular flexibility index (Phi) is 6.84. The summed E-state index contributed by atoms with van der Waals surface area (Å²) in [5.41, 5.74) is 1.15. The Labute approximate surface area is 250 Å². The Balaban J connectivity index is 1.53. The van der Waals surface area contributed by atoms with Gasteiger partial charge < -0.3 is 15.4 Å². The minimum atomic E-state index is -5.14. The summed E-state index contributed by atoms with van der Waals surface area (Å²) in [7, 11) is 0. The predicted octanol–water partition coefficient (Wildman–Crippen LogP) is 6.99. The maximum absolute atomic E-state index is 16.4. The number of anilines is 2. The summed E-state index contributed by atoms with van der Waals surface area (Å²) in [5.74, 6) is -2.63. The first-order chi connectivity index (χ1) is 20.6. The van der Waals surface area contributed by atoms with Gasteiger partial charge in [0, 0.05) is 29.4 Å². The number of aromatic nitrogens is 2. The van der Waals surface area contributed by atoms with E-state index in [2.05, 4.69) is 9.97 Å². The van der Waals surface area contributed by atoms with Gasteiger partial charge in [0.05, 0.1) is 27.9 Å². The lowest BCUT2D eigenvalue weighted by Gasteiger charge is -2.42. The molecule has 0 radical (unpaired) electrons. The van der Waals surface area contributed by atoms with Crippen LogP contribution in [0.4, 0.5) is 42.0 Å². The average molecular weight is 635 g/mol. The minimum absolute atomic E-state index is 0.0876. The molecule has 0 spiro atoms. The van der Waals surface area contributed by atoms with E-state index in [1.165, 1.54) is 4.90 Å². The fourth-order valence-electron chi connectivity index (χ4n) is 6.11. The molecule has 2 aliphatic heterocycles. The number of nitrogens with two attached hydrogens (primary N) is 1. The van der Waals surface area contributed by atoms with Crippen molar-refractivity contribution in [3.63, 3.8) is 0 Å². The number of hydrogen-bond acceptors (Lipinski definition) is 8. The summed E-state index contributed by atoms with van der Waals surface area (Å²) < 4.78 is 95.2. The Morgan fingerprint density at radius 2 is 1.77 bits per heavy atom. The molecule has 2 aliphatic rings. The fraction of sp³-hybridized carbons (Fsp3) is 0.379. The van der Waals surface area contributed by atoms with Crippen molar-refractivity contribution in [1.82, 2.24) is 14.9 Å². The number of fused-ring (bicyclic) bond motifs is 4. The quantitative estimate of drug-likeness (QED) is 0.187. The van der Waals surface area contributed by atoms with Crippen LogP contribution in [-0.4, -0.2) is 51.7 Å². The molecule has 6 rings (SSSR count). The molecule has 8 nitrogen and oxygen atoms in total. The molecule has 1 amide bonds. The summed E-state index contributed by atoms with van der Waals surface area (Å²) in [5, 5.41) is 8.80. The molecule has 4 heterocycles. The van der Waals surface area contributed by atoms with Crippen molar-refractivity contribution in [2.45, 2.75) is 57.5 Å². The standard InChI is InChI=1S/C29H24F6N6O2S/c1-28(2,3)43-27(42)41-12-4-5-13(41)11-40(10-12)25-15-8-17(29(33,34)35)20(21(31)22(15)38-26(32)39-25)14-6-7-18(30)23-19(14)16(9-36)24(37)44-23/h6-8,12-13H,4-5,10-11,37H2,1-3H3. The Bertz CT molecular complexity index is 1880. The number of carbonyl (C=O) groups is 1. The van der Waals surface area contributed by atoms with E-state index in [0.717, 1.165) is 12.1 Å². The van der Waals surface area contributed by atoms with Gasteiger partial charge in [0.2, 0.25) is 0 Å². The van der Waals surface area contributed by atoms with Crippen molar-refractivity contribution >= 4 is 49.2 Å². The molecule has 2 aromatic heterocycles. The van der Waals surface area contributed by atoms with Crippen LogP contribution in [0.15, 0.2) is 18.2 Å². The van der Waals surface area contributed by atoms with E-state index < -0.39 is 75.3 Å². The highest BCUT2D eigenvalue weighted by atomic mass is 32.1. The number of hydrogen-bond donors (Lipinski definition) is 1. The van der Waals surface area contributed by atoms with Crippen LogP contribution >= 0.6 is 11.3 Å². The Morgan fingerprint density at radius 1 is 1.11 bits per heavy atom. The number of piperazine rings is 1. The van der Waals surface area contributed by atoms with E-state index in [9.17, 15) is 32.0 Å². The Morgan fingerprint density at radius 3 is 2.36 bits per heavy atom. The second-order valence-corrected chi connectivity index (χ2v) is 12.8. The van der Waals surface area contributed by atoms with Crippen molar-refractivity contribution in [2.75, 3.05) is 23.7 Å². The molecule has 4 aromatic rings. The zero-order valence-electron chi connectivity index (χ0n) is 23.5. The second-order valence-electron chi connectivity index (χ2n) is 11.8. The van der Waals surface area contributed by atoms with Gasteiger partial charge in [0.15, 0.2) is 5.82 Å². The molecule has 230 valence electrons. The third-order valence-corrected chi connectivity index (χ3v) is 8.80. The van der Waals surface area contributed by atoms with Crippen LogP contribution in [0.5, 0.6) is 0 Å². The first kappa shape index (κ1) is 29.7. The number of carbonyl (C=O) groups excluding carboxylic acids is 1. The largest absolute Gasteiger partial charge is 0.444 e. The summed E-state index contributed by atoms with van der Waals surface area (Å²) in [6.07, 6.45) is -5.90. The molecule has 2 fully saturated rings. The average Bonchev–Trinajstić information content (AvgIpc) is 3.40. The van der Waals surface area contributed by atoms with Crippen molar-refractivity contribution < 1.29 is 35.9 Å². The van der Waals surface area contributed by atoms with Gasteiger partial charge in [0.1, 0.15) is 33.8 Å². The van der Waals surface area contributed by atoms with E-state index in [1.807, 2.05) is 0 Å². The van der Waals surface area contributed by atoms with Crippen LogP contribution in [0, 0.1) is 29.0 Å². The number of rotatable bonds is 2. The van der Waals surface area contributed by atoms with E-state index >= 15 is 4.39 Å². The van der Waals surface area contributed by atoms with Crippen LogP contribution in [-0.2, 0) is 10.9 Å².